The van der Waals surface area contributed by atoms with Crippen molar-refractivity contribution in [2.75, 3.05) is 11.4 Å². The van der Waals surface area contributed by atoms with Crippen LogP contribution in [0.1, 0.15) is 34.1 Å². The fraction of sp³-hybridized carbons (Fsp3) is 0.421. The highest BCUT2D eigenvalue weighted by atomic mass is 16.7. The topological polar surface area (TPSA) is 80.8 Å². The van der Waals surface area contributed by atoms with Crippen LogP contribution in [-0.2, 0) is 14.1 Å². The Morgan fingerprint density at radius 1 is 1.11 bits per heavy atom. The van der Waals surface area contributed by atoms with Crippen LogP contribution in [0.3, 0.4) is 0 Å². The van der Waals surface area contributed by atoms with Gasteiger partial charge in [-0.25, -0.2) is 4.79 Å². The van der Waals surface area contributed by atoms with Crippen molar-refractivity contribution in [2.24, 2.45) is 0 Å². The highest BCUT2D eigenvalue weighted by Crippen LogP contribution is 2.36. The van der Waals surface area contributed by atoms with E-state index in [9.17, 15) is 9.59 Å². The average molecular weight is 367 g/mol. The zero-order valence-electron chi connectivity index (χ0n) is 15.9. The molecule has 2 aliphatic rings. The number of fused-ring (bicyclic) bond motifs is 1. The molecule has 3 heterocycles. The number of anilines is 1. The third-order valence-corrected chi connectivity index (χ3v) is 5.58. The third kappa shape index (κ3) is 3.09. The third-order valence-electron chi connectivity index (χ3n) is 5.58. The second-order valence-corrected chi connectivity index (χ2v) is 7.99. The zero-order chi connectivity index (χ0) is 19.4. The molecule has 1 aromatic carbocycles. The van der Waals surface area contributed by atoms with Gasteiger partial charge < -0.3 is 9.31 Å². The molecule has 1 aromatic heterocycles. The molecule has 0 aliphatic carbocycles. The van der Waals surface area contributed by atoms with Crippen molar-refractivity contribution in [2.45, 2.75) is 45.3 Å². The molecule has 7 nitrogen and oxygen atoms in total. The maximum absolute atomic E-state index is 12.0. The number of hydrogen-bond donors (Lipinski definition) is 1. The average Bonchev–Trinajstić information content (AvgIpc) is 2.82. The molecule has 1 N–H and O–H groups in total. The summed E-state index contributed by atoms with van der Waals surface area (Å²) in [5.41, 5.74) is 1.52. The van der Waals surface area contributed by atoms with Crippen molar-refractivity contribution in [1.29, 1.82) is 0 Å². The Hall–Kier alpha value is -2.45. The van der Waals surface area contributed by atoms with Crippen LogP contribution in [0, 0.1) is 0 Å². The molecule has 2 aliphatic heterocycles. The molecule has 4 rings (SSSR count). The molecule has 8 heteroatoms. The van der Waals surface area contributed by atoms with E-state index >= 15 is 0 Å². The summed E-state index contributed by atoms with van der Waals surface area (Å²) in [6.45, 7) is 8.43. The number of carbonyl (C=O) groups is 2. The molecule has 140 valence electrons. The minimum atomic E-state index is -0.467. The van der Waals surface area contributed by atoms with Crippen molar-refractivity contribution < 1.29 is 18.9 Å². The number of rotatable bonds is 2. The van der Waals surface area contributed by atoms with Gasteiger partial charge in [-0.15, -0.1) is 0 Å². The number of amides is 3. The number of pyridine rings is 1. The van der Waals surface area contributed by atoms with Crippen LogP contribution in [0.15, 0.2) is 30.5 Å². The monoisotopic (exact) mass is 367 g/mol. The fourth-order valence-corrected chi connectivity index (χ4v) is 3.21. The summed E-state index contributed by atoms with van der Waals surface area (Å²) in [5.74, 6) is -0.248. The van der Waals surface area contributed by atoms with E-state index in [1.54, 1.807) is 11.1 Å². The molecular weight excluding hydrogens is 345 g/mol. The number of aromatic nitrogens is 1. The molecule has 0 atom stereocenters. The number of urea groups is 1. The number of imide groups is 1. The number of benzene rings is 1. The first-order valence-electron chi connectivity index (χ1n) is 9.03. The summed E-state index contributed by atoms with van der Waals surface area (Å²) < 4.78 is 12.2. The standard InChI is InChI=1S/C19H22BN3O4/c1-18(2)19(3,4)27-20(26-18)13-9-12-5-6-14(10-15(12)21-11-13)23-8-7-16(24)22-17(23)25/h5-6,9-11H,7-8H2,1-4H3,(H,22,24,25). The van der Waals surface area contributed by atoms with Gasteiger partial charge in [0.1, 0.15) is 0 Å². The Morgan fingerprint density at radius 3 is 2.48 bits per heavy atom. The van der Waals surface area contributed by atoms with Gasteiger partial charge in [0.05, 0.1) is 16.7 Å². The van der Waals surface area contributed by atoms with E-state index < -0.39 is 24.4 Å². The van der Waals surface area contributed by atoms with Gasteiger partial charge in [-0.2, -0.15) is 0 Å². The molecule has 0 radical (unpaired) electrons. The summed E-state index contributed by atoms with van der Waals surface area (Å²) in [6.07, 6.45) is 2.03. The molecule has 2 saturated heterocycles. The quantitative estimate of drug-likeness (QED) is 0.821. The van der Waals surface area contributed by atoms with Crippen LogP contribution in [0.2, 0.25) is 0 Å². The molecule has 3 amide bonds. The molecule has 2 fully saturated rings. The number of hydrogen-bond acceptors (Lipinski definition) is 5. The summed E-state index contributed by atoms with van der Waals surface area (Å²) >= 11 is 0. The normalized spacial score (nSPS) is 21.6. The molecule has 0 spiro atoms. The second kappa shape index (κ2) is 6.04. The lowest BCUT2D eigenvalue weighted by Crippen LogP contribution is -2.49. The summed E-state index contributed by atoms with van der Waals surface area (Å²) in [7, 11) is -0.467. The second-order valence-electron chi connectivity index (χ2n) is 7.99. The predicted octanol–water partition coefficient (Wildman–Crippen LogP) is 1.98. The fourth-order valence-electron chi connectivity index (χ4n) is 3.21. The van der Waals surface area contributed by atoms with Crippen molar-refractivity contribution in [3.8, 4) is 0 Å². The minimum absolute atomic E-state index is 0.248. The van der Waals surface area contributed by atoms with E-state index in [1.165, 1.54) is 0 Å². The van der Waals surface area contributed by atoms with Gasteiger partial charge in [0.2, 0.25) is 5.91 Å². The summed E-state index contributed by atoms with van der Waals surface area (Å²) in [4.78, 5) is 29.4. The van der Waals surface area contributed by atoms with E-state index in [4.69, 9.17) is 9.31 Å². The first-order valence-corrected chi connectivity index (χ1v) is 9.03. The Kier molecular flexibility index (Phi) is 4.01. The molecule has 0 unspecified atom stereocenters. The predicted molar refractivity (Wildman–Crippen MR) is 103 cm³/mol. The largest absolute Gasteiger partial charge is 0.496 e. The first-order chi connectivity index (χ1) is 12.7. The highest BCUT2D eigenvalue weighted by molar-refractivity contribution is 6.62. The van der Waals surface area contributed by atoms with Crippen molar-refractivity contribution in [1.82, 2.24) is 10.3 Å². The molecular formula is C19H22BN3O4. The number of carbonyl (C=O) groups excluding carboxylic acids is 2. The lowest BCUT2D eigenvalue weighted by molar-refractivity contribution is -0.120. The van der Waals surface area contributed by atoms with Gasteiger partial charge in [0.15, 0.2) is 0 Å². The van der Waals surface area contributed by atoms with E-state index in [2.05, 4.69) is 10.3 Å². The molecule has 0 saturated carbocycles. The van der Waals surface area contributed by atoms with Gasteiger partial charge in [-0.3, -0.25) is 20.0 Å². The van der Waals surface area contributed by atoms with E-state index in [-0.39, 0.29) is 12.3 Å². The number of nitrogens with zero attached hydrogens (tertiary/aromatic N) is 2. The number of nitrogens with one attached hydrogen (secondary N) is 1. The van der Waals surface area contributed by atoms with Crippen LogP contribution in [-0.4, -0.2) is 41.8 Å². The maximum Gasteiger partial charge on any atom is 0.496 e. The van der Waals surface area contributed by atoms with Gasteiger partial charge in [-0.1, -0.05) is 12.1 Å². The smallest absolute Gasteiger partial charge is 0.399 e. The van der Waals surface area contributed by atoms with E-state index in [1.807, 2.05) is 52.0 Å². The Balaban J connectivity index is 1.62. The van der Waals surface area contributed by atoms with Crippen LogP contribution >= 0.6 is 0 Å². The molecule has 0 bridgehead atoms. The highest BCUT2D eigenvalue weighted by Gasteiger charge is 2.51. The lowest BCUT2D eigenvalue weighted by Gasteiger charge is -2.32. The van der Waals surface area contributed by atoms with E-state index in [0.717, 1.165) is 16.4 Å². The molecule has 2 aromatic rings. The minimum Gasteiger partial charge on any atom is -0.399 e. The maximum atomic E-state index is 12.0. The van der Waals surface area contributed by atoms with Crippen LogP contribution in [0.25, 0.3) is 10.9 Å². The lowest BCUT2D eigenvalue weighted by atomic mass is 9.80. The SMILES string of the molecule is CC1(C)OB(c2cnc3cc(N4CCC(=O)NC4=O)ccc3c2)OC1(C)C. The summed E-state index contributed by atoms with van der Waals surface area (Å²) in [5, 5.41) is 3.26. The Morgan fingerprint density at radius 2 is 1.81 bits per heavy atom. The summed E-state index contributed by atoms with van der Waals surface area (Å²) in [6, 6.07) is 7.20. The van der Waals surface area contributed by atoms with Gasteiger partial charge in [0.25, 0.3) is 0 Å². The van der Waals surface area contributed by atoms with Gasteiger partial charge in [-0.05, 0) is 45.2 Å². The van der Waals surface area contributed by atoms with Crippen molar-refractivity contribution >= 4 is 41.1 Å². The van der Waals surface area contributed by atoms with Crippen LogP contribution in [0.4, 0.5) is 10.5 Å². The van der Waals surface area contributed by atoms with Crippen molar-refractivity contribution in [3.63, 3.8) is 0 Å². The van der Waals surface area contributed by atoms with E-state index in [0.29, 0.717) is 12.2 Å². The van der Waals surface area contributed by atoms with Crippen LogP contribution in [0.5, 0.6) is 0 Å². The Labute approximate surface area is 158 Å². The van der Waals surface area contributed by atoms with Crippen molar-refractivity contribution in [3.05, 3.63) is 30.5 Å². The van der Waals surface area contributed by atoms with Crippen LogP contribution < -0.4 is 15.7 Å². The zero-order valence-corrected chi connectivity index (χ0v) is 15.9. The van der Waals surface area contributed by atoms with Gasteiger partial charge >= 0.3 is 13.1 Å². The van der Waals surface area contributed by atoms with Gasteiger partial charge in [0, 0.05) is 30.3 Å². The Bertz CT molecular complexity index is 928. The first kappa shape index (κ1) is 17.9. The molecule has 27 heavy (non-hydrogen) atoms.